The van der Waals surface area contributed by atoms with Crippen LogP contribution in [0.25, 0.3) is 10.9 Å². The summed E-state index contributed by atoms with van der Waals surface area (Å²) in [5, 5.41) is 1.41. The largest absolute Gasteiger partial charge is 0.253 e. The fourth-order valence-electron chi connectivity index (χ4n) is 1.43. The maximum absolute atomic E-state index is 13.3. The van der Waals surface area contributed by atoms with E-state index in [9.17, 15) is 4.39 Å². The number of nitrogens with zero attached hydrogens (tertiary/aromatic N) is 1. The van der Waals surface area contributed by atoms with E-state index in [4.69, 9.17) is 11.6 Å². The molecule has 0 unspecified atom stereocenters. The lowest BCUT2D eigenvalue weighted by molar-refractivity contribution is 0.622. The molecule has 0 saturated heterocycles. The van der Waals surface area contributed by atoms with E-state index in [1.54, 1.807) is 6.07 Å². The molecule has 1 nitrogen and oxygen atoms in total. The number of pyridine rings is 1. The third kappa shape index (κ3) is 1.74. The van der Waals surface area contributed by atoms with Gasteiger partial charge in [0, 0.05) is 17.1 Å². The number of hydrogen-bond donors (Lipinski definition) is 0. The highest BCUT2D eigenvalue weighted by molar-refractivity contribution is 9.10. The van der Waals surface area contributed by atoms with E-state index in [2.05, 4.69) is 20.9 Å². The van der Waals surface area contributed by atoms with Crippen molar-refractivity contribution in [3.63, 3.8) is 0 Å². The lowest BCUT2D eigenvalue weighted by atomic mass is 10.1. The SMILES string of the molecule is Cc1nc2cc(F)c(Br)cc2c(Cl)c1C. The van der Waals surface area contributed by atoms with Gasteiger partial charge in [-0.2, -0.15) is 0 Å². The molecule has 4 heteroatoms. The van der Waals surface area contributed by atoms with Gasteiger partial charge >= 0.3 is 0 Å². The minimum Gasteiger partial charge on any atom is -0.253 e. The Bertz CT molecular complexity index is 549. The van der Waals surface area contributed by atoms with Crippen LogP contribution in [-0.4, -0.2) is 4.98 Å². The highest BCUT2D eigenvalue weighted by atomic mass is 79.9. The maximum Gasteiger partial charge on any atom is 0.139 e. The number of benzene rings is 1. The molecular formula is C11H8BrClFN. The Morgan fingerprint density at radius 3 is 2.67 bits per heavy atom. The van der Waals surface area contributed by atoms with Crippen LogP contribution >= 0.6 is 27.5 Å². The van der Waals surface area contributed by atoms with Crippen molar-refractivity contribution in [2.75, 3.05) is 0 Å². The smallest absolute Gasteiger partial charge is 0.139 e. The summed E-state index contributed by atoms with van der Waals surface area (Å²) < 4.78 is 13.7. The van der Waals surface area contributed by atoms with Crippen LogP contribution in [0.2, 0.25) is 5.02 Å². The minimum atomic E-state index is -0.325. The van der Waals surface area contributed by atoms with Crippen LogP contribution in [0.3, 0.4) is 0 Å². The molecule has 2 rings (SSSR count). The normalized spacial score (nSPS) is 11.0. The first kappa shape index (κ1) is 10.8. The molecule has 0 fully saturated rings. The Kier molecular flexibility index (Phi) is 2.69. The van der Waals surface area contributed by atoms with Gasteiger partial charge in [-0.3, -0.25) is 4.98 Å². The summed E-state index contributed by atoms with van der Waals surface area (Å²) in [4.78, 5) is 4.29. The zero-order chi connectivity index (χ0) is 11.2. The fourth-order valence-corrected chi connectivity index (χ4v) is 2.06. The highest BCUT2D eigenvalue weighted by Gasteiger charge is 2.10. The van der Waals surface area contributed by atoms with Gasteiger partial charge in [0.2, 0.25) is 0 Å². The summed E-state index contributed by atoms with van der Waals surface area (Å²) in [7, 11) is 0. The standard InChI is InChI=1S/C11H8BrClFN/c1-5-6(2)15-10-4-9(14)8(12)3-7(10)11(5)13/h3-4H,1-2H3. The second-order valence-corrected chi connectivity index (χ2v) is 4.65. The summed E-state index contributed by atoms with van der Waals surface area (Å²) in [6.45, 7) is 3.77. The molecule has 15 heavy (non-hydrogen) atoms. The van der Waals surface area contributed by atoms with Crippen molar-refractivity contribution < 1.29 is 4.39 Å². The summed E-state index contributed by atoms with van der Waals surface area (Å²) in [6, 6.07) is 3.05. The number of fused-ring (bicyclic) bond motifs is 1. The Balaban J connectivity index is 2.93. The van der Waals surface area contributed by atoms with Crippen molar-refractivity contribution in [1.82, 2.24) is 4.98 Å². The van der Waals surface area contributed by atoms with Crippen molar-refractivity contribution in [1.29, 1.82) is 0 Å². The lowest BCUT2D eigenvalue weighted by Gasteiger charge is -2.07. The van der Waals surface area contributed by atoms with Gasteiger partial charge in [-0.1, -0.05) is 11.6 Å². The lowest BCUT2D eigenvalue weighted by Crippen LogP contribution is -1.92. The second kappa shape index (κ2) is 3.72. The van der Waals surface area contributed by atoms with Crippen LogP contribution in [0.1, 0.15) is 11.3 Å². The molecule has 0 amide bonds. The monoisotopic (exact) mass is 287 g/mol. The van der Waals surface area contributed by atoms with Gasteiger partial charge in [-0.25, -0.2) is 4.39 Å². The molecule has 0 aliphatic heterocycles. The predicted octanol–water partition coefficient (Wildman–Crippen LogP) is 4.41. The van der Waals surface area contributed by atoms with Crippen LogP contribution < -0.4 is 0 Å². The average Bonchev–Trinajstić information content (AvgIpc) is 2.19. The van der Waals surface area contributed by atoms with E-state index in [1.165, 1.54) is 6.07 Å². The van der Waals surface area contributed by atoms with Gasteiger partial charge in [0.15, 0.2) is 0 Å². The number of aryl methyl sites for hydroxylation is 1. The molecule has 78 valence electrons. The molecule has 0 atom stereocenters. The molecule has 1 aromatic carbocycles. The summed E-state index contributed by atoms with van der Waals surface area (Å²) in [6.07, 6.45) is 0. The van der Waals surface area contributed by atoms with Gasteiger partial charge in [0.25, 0.3) is 0 Å². The van der Waals surface area contributed by atoms with Crippen molar-refractivity contribution in [3.8, 4) is 0 Å². The summed E-state index contributed by atoms with van der Waals surface area (Å²) in [5.74, 6) is -0.325. The van der Waals surface area contributed by atoms with Crippen LogP contribution in [0, 0.1) is 19.7 Å². The molecular weight excluding hydrogens is 280 g/mol. The number of rotatable bonds is 0. The van der Waals surface area contributed by atoms with Crippen molar-refractivity contribution in [2.24, 2.45) is 0 Å². The van der Waals surface area contributed by atoms with Crippen molar-refractivity contribution in [2.45, 2.75) is 13.8 Å². The zero-order valence-corrected chi connectivity index (χ0v) is 10.6. The molecule has 0 aliphatic rings. The van der Waals surface area contributed by atoms with E-state index < -0.39 is 0 Å². The van der Waals surface area contributed by atoms with Gasteiger partial charge < -0.3 is 0 Å². The van der Waals surface area contributed by atoms with Crippen molar-refractivity contribution >= 4 is 38.4 Å². The molecule has 0 N–H and O–H groups in total. The minimum absolute atomic E-state index is 0.325. The second-order valence-electron chi connectivity index (χ2n) is 3.42. The van der Waals surface area contributed by atoms with Crippen molar-refractivity contribution in [3.05, 3.63) is 38.7 Å². The Hall–Kier alpha value is -0.670. The number of aromatic nitrogens is 1. The van der Waals surface area contributed by atoms with E-state index in [-0.39, 0.29) is 5.82 Å². The third-order valence-electron chi connectivity index (χ3n) is 2.44. The van der Waals surface area contributed by atoms with Crippen LogP contribution in [0.5, 0.6) is 0 Å². The van der Waals surface area contributed by atoms with Gasteiger partial charge in [-0.15, -0.1) is 0 Å². The van der Waals surface area contributed by atoms with Crippen LogP contribution in [0.15, 0.2) is 16.6 Å². The maximum atomic E-state index is 13.3. The van der Waals surface area contributed by atoms with E-state index in [0.717, 1.165) is 16.6 Å². The quantitative estimate of drug-likeness (QED) is 0.700. The highest BCUT2D eigenvalue weighted by Crippen LogP contribution is 2.30. The molecule has 0 saturated carbocycles. The Morgan fingerprint density at radius 1 is 1.33 bits per heavy atom. The first-order valence-electron chi connectivity index (χ1n) is 4.42. The molecule has 0 aliphatic carbocycles. The predicted molar refractivity (Wildman–Crippen MR) is 63.9 cm³/mol. The van der Waals surface area contributed by atoms with E-state index >= 15 is 0 Å². The Morgan fingerprint density at radius 2 is 2.00 bits per heavy atom. The topological polar surface area (TPSA) is 12.9 Å². The number of halogens is 3. The molecule has 0 bridgehead atoms. The third-order valence-corrected chi connectivity index (χ3v) is 3.53. The van der Waals surface area contributed by atoms with Gasteiger partial charge in [0.05, 0.1) is 15.0 Å². The molecule has 2 aromatic rings. The van der Waals surface area contributed by atoms with Gasteiger partial charge in [0.1, 0.15) is 5.82 Å². The Labute approximate surface area is 100 Å². The fraction of sp³-hybridized carbons (Fsp3) is 0.182. The van der Waals surface area contributed by atoms with E-state index in [1.807, 2.05) is 13.8 Å². The molecule has 1 heterocycles. The average molecular weight is 289 g/mol. The molecule has 0 spiro atoms. The summed E-state index contributed by atoms with van der Waals surface area (Å²) in [5.41, 5.74) is 2.35. The summed E-state index contributed by atoms with van der Waals surface area (Å²) >= 11 is 9.30. The van der Waals surface area contributed by atoms with E-state index in [0.29, 0.717) is 15.0 Å². The number of hydrogen-bond acceptors (Lipinski definition) is 1. The molecule has 1 aromatic heterocycles. The molecule has 0 radical (unpaired) electrons. The first-order valence-corrected chi connectivity index (χ1v) is 5.59. The van der Waals surface area contributed by atoms with Crippen LogP contribution in [-0.2, 0) is 0 Å². The zero-order valence-electron chi connectivity index (χ0n) is 8.24. The first-order chi connectivity index (χ1) is 7.00. The van der Waals surface area contributed by atoms with Gasteiger partial charge in [-0.05, 0) is 41.4 Å². The van der Waals surface area contributed by atoms with Crippen LogP contribution in [0.4, 0.5) is 4.39 Å².